The number of rotatable bonds is 3. The molecule has 0 aliphatic rings. The fraction of sp³-hybridized carbons (Fsp3) is 0.0769. The lowest BCUT2D eigenvalue weighted by Gasteiger charge is -2.04. The number of nitrogens with zero attached hydrogens (tertiary/aromatic N) is 2. The van der Waals surface area contributed by atoms with Crippen LogP contribution in [0.3, 0.4) is 0 Å². The highest BCUT2D eigenvalue weighted by Crippen LogP contribution is 2.23. The predicted molar refractivity (Wildman–Crippen MR) is 82.8 cm³/mol. The van der Waals surface area contributed by atoms with E-state index in [1.54, 1.807) is 0 Å². The van der Waals surface area contributed by atoms with Gasteiger partial charge in [-0.3, -0.25) is 5.32 Å². The van der Waals surface area contributed by atoms with Crippen molar-refractivity contribution in [3.63, 3.8) is 0 Å². The van der Waals surface area contributed by atoms with E-state index < -0.39 is 6.09 Å². The largest absolute Gasteiger partial charge is 0.444 e. The number of aromatic nitrogens is 3. The Balaban J connectivity index is 1.66. The zero-order valence-electron chi connectivity index (χ0n) is 10.7. The summed E-state index contributed by atoms with van der Waals surface area (Å²) in [7, 11) is 0. The van der Waals surface area contributed by atoms with Gasteiger partial charge in [-0.15, -0.1) is 0 Å². The van der Waals surface area contributed by atoms with E-state index in [2.05, 4.69) is 20.3 Å². The van der Waals surface area contributed by atoms with Gasteiger partial charge in [-0.1, -0.05) is 53.9 Å². The maximum atomic E-state index is 11.7. The molecule has 0 atom stereocenters. The zero-order valence-corrected chi connectivity index (χ0v) is 12.3. The second-order valence-corrected chi connectivity index (χ2v) is 5.48. The normalized spacial score (nSPS) is 10.5. The van der Waals surface area contributed by atoms with Crippen LogP contribution in [0.5, 0.6) is 0 Å². The molecule has 6 nitrogen and oxygen atoms in total. The molecule has 0 fully saturated rings. The predicted octanol–water partition coefficient (Wildman–Crippen LogP) is 3.50. The molecule has 0 saturated carbocycles. The number of fused-ring (bicyclic) bond motifs is 1. The zero-order chi connectivity index (χ0) is 14.7. The lowest BCUT2D eigenvalue weighted by molar-refractivity contribution is 0.155. The summed E-state index contributed by atoms with van der Waals surface area (Å²) in [5.41, 5.74) is 1.48. The molecule has 106 valence electrons. The van der Waals surface area contributed by atoms with Crippen molar-refractivity contribution in [2.45, 2.75) is 6.61 Å². The summed E-state index contributed by atoms with van der Waals surface area (Å²) in [6.45, 7) is 0.204. The minimum absolute atomic E-state index is 0.204. The molecule has 3 rings (SSSR count). The Hall–Kier alpha value is -2.32. The van der Waals surface area contributed by atoms with Crippen molar-refractivity contribution in [2.24, 2.45) is 0 Å². The van der Waals surface area contributed by atoms with E-state index >= 15 is 0 Å². The molecule has 2 heterocycles. The summed E-state index contributed by atoms with van der Waals surface area (Å²) >= 11 is 6.34. The van der Waals surface area contributed by atoms with Gasteiger partial charge in [0.25, 0.3) is 0 Å². The monoisotopic (exact) mass is 318 g/mol. The molecule has 2 N–H and O–H groups in total. The lowest BCUT2D eigenvalue weighted by atomic mass is 10.2. The number of carbonyl (C=O) groups is 1. The number of amides is 1. The molecular weight excluding hydrogens is 308 g/mol. The second kappa shape index (κ2) is 5.98. The smallest absolute Gasteiger partial charge is 0.413 e. The number of hydrogen-bond acceptors (Lipinski definition) is 6. The third-order valence-electron chi connectivity index (χ3n) is 2.62. The molecule has 1 aromatic carbocycles. The fourth-order valence-corrected chi connectivity index (χ4v) is 2.73. The van der Waals surface area contributed by atoms with Crippen LogP contribution in [0.25, 0.3) is 10.3 Å². The van der Waals surface area contributed by atoms with E-state index in [9.17, 15) is 4.79 Å². The van der Waals surface area contributed by atoms with E-state index in [4.69, 9.17) is 17.0 Å². The van der Waals surface area contributed by atoms with Crippen molar-refractivity contribution in [2.75, 3.05) is 5.32 Å². The number of benzene rings is 1. The average molecular weight is 318 g/mol. The Morgan fingerprint density at radius 3 is 2.95 bits per heavy atom. The van der Waals surface area contributed by atoms with Crippen LogP contribution in [0, 0.1) is 4.64 Å². The van der Waals surface area contributed by atoms with E-state index in [0.29, 0.717) is 20.1 Å². The number of ether oxygens (including phenoxy) is 1. The molecule has 0 spiro atoms. The van der Waals surface area contributed by atoms with Crippen LogP contribution in [0.2, 0.25) is 0 Å². The molecule has 0 aliphatic heterocycles. The molecule has 8 heteroatoms. The fourth-order valence-electron chi connectivity index (χ4n) is 1.67. The molecule has 0 saturated heterocycles. The van der Waals surface area contributed by atoms with Crippen LogP contribution < -0.4 is 5.32 Å². The molecule has 0 unspecified atom stereocenters. The SMILES string of the molecule is O=C(Nc1nc2c(=S)[nH]cnc2s1)OCc1ccccc1. The van der Waals surface area contributed by atoms with E-state index in [1.165, 1.54) is 17.7 Å². The van der Waals surface area contributed by atoms with Gasteiger partial charge in [0.2, 0.25) is 0 Å². The van der Waals surface area contributed by atoms with Gasteiger partial charge in [0.15, 0.2) is 5.13 Å². The summed E-state index contributed by atoms with van der Waals surface area (Å²) in [5, 5.41) is 2.98. The Bertz CT molecular complexity index is 829. The van der Waals surface area contributed by atoms with E-state index in [1.807, 2.05) is 30.3 Å². The number of carbonyl (C=O) groups excluding carboxylic acids is 1. The van der Waals surface area contributed by atoms with Crippen molar-refractivity contribution in [3.05, 3.63) is 46.9 Å². The third-order valence-corrected chi connectivity index (χ3v) is 3.81. The molecule has 2 aromatic heterocycles. The van der Waals surface area contributed by atoms with Gasteiger partial charge in [-0.05, 0) is 5.56 Å². The van der Waals surface area contributed by atoms with Crippen LogP contribution in [0.4, 0.5) is 9.93 Å². The van der Waals surface area contributed by atoms with Crippen molar-refractivity contribution >= 4 is 45.1 Å². The van der Waals surface area contributed by atoms with E-state index in [0.717, 1.165) is 5.56 Å². The lowest BCUT2D eigenvalue weighted by Crippen LogP contribution is -2.13. The summed E-state index contributed by atoms with van der Waals surface area (Å²) in [6, 6.07) is 9.44. The van der Waals surface area contributed by atoms with Crippen molar-refractivity contribution in [1.29, 1.82) is 0 Å². The van der Waals surface area contributed by atoms with Crippen LogP contribution in [0.1, 0.15) is 5.56 Å². The number of H-pyrrole nitrogens is 1. The van der Waals surface area contributed by atoms with E-state index in [-0.39, 0.29) is 6.61 Å². The van der Waals surface area contributed by atoms with Crippen LogP contribution in [-0.2, 0) is 11.3 Å². The van der Waals surface area contributed by atoms with Gasteiger partial charge in [-0.25, -0.2) is 14.8 Å². The summed E-state index contributed by atoms with van der Waals surface area (Å²) < 4.78 is 5.61. The highest BCUT2D eigenvalue weighted by Gasteiger charge is 2.10. The summed E-state index contributed by atoms with van der Waals surface area (Å²) in [5.74, 6) is 0. The van der Waals surface area contributed by atoms with Crippen LogP contribution >= 0.6 is 23.6 Å². The van der Waals surface area contributed by atoms with Crippen LogP contribution in [-0.4, -0.2) is 21.0 Å². The highest BCUT2D eigenvalue weighted by atomic mass is 32.1. The molecule has 1 amide bonds. The number of hydrogen-bond donors (Lipinski definition) is 2. The van der Waals surface area contributed by atoms with Gasteiger partial charge in [-0.2, -0.15) is 0 Å². The van der Waals surface area contributed by atoms with Gasteiger partial charge < -0.3 is 9.72 Å². The Morgan fingerprint density at radius 2 is 2.19 bits per heavy atom. The first-order valence-electron chi connectivity index (χ1n) is 6.04. The standard InChI is InChI=1S/C13H10N4O2S2/c18-13(19-6-8-4-2-1-3-5-8)17-12-16-9-10(20)14-7-15-11(9)21-12/h1-5,7H,6H2,(H,14,15,20)(H,16,17,18). The first-order valence-corrected chi connectivity index (χ1v) is 7.27. The topological polar surface area (TPSA) is 79.9 Å². The number of aromatic amines is 1. The molecule has 3 aromatic rings. The number of nitrogens with one attached hydrogen (secondary N) is 2. The van der Waals surface area contributed by atoms with Crippen molar-refractivity contribution in [1.82, 2.24) is 15.0 Å². The van der Waals surface area contributed by atoms with Gasteiger partial charge in [0, 0.05) is 0 Å². The molecular formula is C13H10N4O2S2. The minimum Gasteiger partial charge on any atom is -0.444 e. The molecule has 21 heavy (non-hydrogen) atoms. The minimum atomic E-state index is -0.562. The Morgan fingerprint density at radius 1 is 1.38 bits per heavy atom. The van der Waals surface area contributed by atoms with Crippen LogP contribution in [0.15, 0.2) is 36.7 Å². The summed E-state index contributed by atoms with van der Waals surface area (Å²) in [6.07, 6.45) is 0.938. The number of anilines is 1. The van der Waals surface area contributed by atoms with Gasteiger partial charge in [0.05, 0.1) is 6.33 Å². The Labute approximate surface area is 128 Å². The maximum Gasteiger partial charge on any atom is 0.413 e. The van der Waals surface area contributed by atoms with Crippen molar-refractivity contribution < 1.29 is 9.53 Å². The van der Waals surface area contributed by atoms with Gasteiger partial charge in [0.1, 0.15) is 21.6 Å². The first kappa shape index (κ1) is 13.7. The highest BCUT2D eigenvalue weighted by molar-refractivity contribution is 7.71. The molecule has 0 aliphatic carbocycles. The van der Waals surface area contributed by atoms with Crippen molar-refractivity contribution in [3.8, 4) is 0 Å². The Kier molecular flexibility index (Phi) is 3.89. The first-order chi connectivity index (χ1) is 10.2. The maximum absolute atomic E-state index is 11.7. The quantitative estimate of drug-likeness (QED) is 0.723. The number of thiazole rings is 1. The molecule has 0 radical (unpaired) electrons. The second-order valence-electron chi connectivity index (χ2n) is 4.09. The average Bonchev–Trinajstić information content (AvgIpc) is 2.90. The molecule has 0 bridgehead atoms. The third kappa shape index (κ3) is 3.23. The van der Waals surface area contributed by atoms with Gasteiger partial charge >= 0.3 is 6.09 Å². The summed E-state index contributed by atoms with van der Waals surface area (Å²) in [4.78, 5) is 23.5.